The molecule has 1 aliphatic heterocycles. The number of piperazine rings is 1. The maximum Gasteiger partial charge on any atom is 0.236 e. The van der Waals surface area contributed by atoms with Crippen LogP contribution in [-0.2, 0) is 4.79 Å². The molecule has 1 aliphatic rings. The molecule has 0 saturated carbocycles. The molecule has 2 aromatic rings. The van der Waals surface area contributed by atoms with Crippen molar-refractivity contribution < 1.29 is 9.90 Å². The Balaban J connectivity index is 1.47. The topological polar surface area (TPSA) is 55.8 Å². The van der Waals surface area contributed by atoms with Gasteiger partial charge in [0.15, 0.2) is 0 Å². The SMILES string of the molecule is C[C@H](NCC(=O)N1CCN(c2ccc(O)cc2)CC1)c1cccc(Cl)c1. The number of benzene rings is 2. The van der Waals surface area contributed by atoms with Gasteiger partial charge in [0.25, 0.3) is 0 Å². The van der Waals surface area contributed by atoms with Gasteiger partial charge in [-0.2, -0.15) is 0 Å². The normalized spacial score (nSPS) is 15.8. The number of anilines is 1. The Morgan fingerprint density at radius 2 is 1.85 bits per heavy atom. The van der Waals surface area contributed by atoms with Crippen LogP contribution in [0.15, 0.2) is 48.5 Å². The van der Waals surface area contributed by atoms with Gasteiger partial charge in [-0.05, 0) is 48.9 Å². The maximum absolute atomic E-state index is 12.5. The van der Waals surface area contributed by atoms with E-state index in [0.717, 1.165) is 24.3 Å². The van der Waals surface area contributed by atoms with Gasteiger partial charge >= 0.3 is 0 Å². The molecule has 2 aromatic carbocycles. The van der Waals surface area contributed by atoms with Gasteiger partial charge < -0.3 is 20.2 Å². The van der Waals surface area contributed by atoms with Crippen molar-refractivity contribution in [1.29, 1.82) is 0 Å². The summed E-state index contributed by atoms with van der Waals surface area (Å²) in [4.78, 5) is 16.6. The largest absolute Gasteiger partial charge is 0.508 e. The number of nitrogens with zero attached hydrogens (tertiary/aromatic N) is 2. The lowest BCUT2D eigenvalue weighted by Gasteiger charge is -2.36. The fourth-order valence-corrected chi connectivity index (χ4v) is 3.32. The molecule has 6 heteroatoms. The molecular weight excluding hydrogens is 350 g/mol. The number of hydrogen-bond donors (Lipinski definition) is 2. The second kappa shape index (κ2) is 8.43. The van der Waals surface area contributed by atoms with E-state index in [4.69, 9.17) is 11.6 Å². The van der Waals surface area contributed by atoms with E-state index in [-0.39, 0.29) is 17.7 Å². The highest BCUT2D eigenvalue weighted by molar-refractivity contribution is 6.30. The van der Waals surface area contributed by atoms with Gasteiger partial charge in [-0.15, -0.1) is 0 Å². The van der Waals surface area contributed by atoms with Gasteiger partial charge in [0.2, 0.25) is 5.91 Å². The molecule has 3 rings (SSSR count). The molecule has 1 amide bonds. The first kappa shape index (κ1) is 18.5. The molecule has 0 aliphatic carbocycles. The van der Waals surface area contributed by atoms with Crippen molar-refractivity contribution in [3.63, 3.8) is 0 Å². The van der Waals surface area contributed by atoms with Crippen LogP contribution >= 0.6 is 11.6 Å². The third-order valence-electron chi connectivity index (χ3n) is 4.76. The minimum atomic E-state index is 0.0657. The quantitative estimate of drug-likeness (QED) is 0.845. The molecule has 138 valence electrons. The molecule has 0 bridgehead atoms. The van der Waals surface area contributed by atoms with Crippen LogP contribution < -0.4 is 10.2 Å². The molecule has 0 radical (unpaired) electrons. The van der Waals surface area contributed by atoms with E-state index >= 15 is 0 Å². The molecule has 5 nitrogen and oxygen atoms in total. The maximum atomic E-state index is 12.5. The Bertz CT molecular complexity index is 743. The summed E-state index contributed by atoms with van der Waals surface area (Å²) in [6.07, 6.45) is 0. The number of phenols is 1. The van der Waals surface area contributed by atoms with Gasteiger partial charge in [0, 0.05) is 42.9 Å². The number of rotatable bonds is 5. The molecule has 1 saturated heterocycles. The third-order valence-corrected chi connectivity index (χ3v) is 4.99. The summed E-state index contributed by atoms with van der Waals surface area (Å²) in [6, 6.07) is 14.9. The van der Waals surface area contributed by atoms with E-state index in [9.17, 15) is 9.90 Å². The Kier molecular flexibility index (Phi) is 6.01. The molecular formula is C20H24ClN3O2. The number of aromatic hydroxyl groups is 1. The van der Waals surface area contributed by atoms with Crippen LogP contribution in [0.1, 0.15) is 18.5 Å². The monoisotopic (exact) mass is 373 g/mol. The van der Waals surface area contributed by atoms with Gasteiger partial charge in [-0.3, -0.25) is 4.79 Å². The van der Waals surface area contributed by atoms with Gasteiger partial charge in [0.05, 0.1) is 6.54 Å². The number of carbonyl (C=O) groups is 1. The predicted molar refractivity (Wildman–Crippen MR) is 105 cm³/mol. The molecule has 0 aromatic heterocycles. The number of nitrogens with one attached hydrogen (secondary N) is 1. The van der Waals surface area contributed by atoms with Crippen LogP contribution in [0.5, 0.6) is 5.75 Å². The Morgan fingerprint density at radius 1 is 1.15 bits per heavy atom. The number of halogens is 1. The lowest BCUT2D eigenvalue weighted by Crippen LogP contribution is -2.51. The highest BCUT2D eigenvalue weighted by Crippen LogP contribution is 2.20. The van der Waals surface area contributed by atoms with Crippen molar-refractivity contribution in [1.82, 2.24) is 10.2 Å². The Hall–Kier alpha value is -2.24. The molecule has 0 spiro atoms. The van der Waals surface area contributed by atoms with Crippen LogP contribution in [-0.4, -0.2) is 48.6 Å². The number of hydrogen-bond acceptors (Lipinski definition) is 4. The lowest BCUT2D eigenvalue weighted by atomic mass is 10.1. The number of phenolic OH excluding ortho intramolecular Hbond substituents is 1. The summed E-state index contributed by atoms with van der Waals surface area (Å²) >= 11 is 6.02. The second-order valence-electron chi connectivity index (χ2n) is 6.54. The minimum absolute atomic E-state index is 0.0657. The van der Waals surface area contributed by atoms with Crippen LogP contribution in [0.4, 0.5) is 5.69 Å². The zero-order valence-electron chi connectivity index (χ0n) is 14.9. The van der Waals surface area contributed by atoms with E-state index in [1.165, 1.54) is 0 Å². The Labute approximate surface area is 159 Å². The molecule has 2 N–H and O–H groups in total. The van der Waals surface area contributed by atoms with Gasteiger partial charge in [-0.1, -0.05) is 23.7 Å². The summed E-state index contributed by atoms with van der Waals surface area (Å²) in [7, 11) is 0. The van der Waals surface area contributed by atoms with E-state index in [0.29, 0.717) is 24.7 Å². The summed E-state index contributed by atoms with van der Waals surface area (Å²) < 4.78 is 0. The van der Waals surface area contributed by atoms with Crippen LogP contribution in [0, 0.1) is 0 Å². The lowest BCUT2D eigenvalue weighted by molar-refractivity contribution is -0.130. The minimum Gasteiger partial charge on any atom is -0.508 e. The van der Waals surface area contributed by atoms with Crippen LogP contribution in [0.2, 0.25) is 5.02 Å². The first-order valence-electron chi connectivity index (χ1n) is 8.83. The van der Waals surface area contributed by atoms with Crippen molar-refractivity contribution >= 4 is 23.2 Å². The van der Waals surface area contributed by atoms with Crippen molar-refractivity contribution in [2.75, 3.05) is 37.6 Å². The molecule has 1 atom stereocenters. The fraction of sp³-hybridized carbons (Fsp3) is 0.350. The van der Waals surface area contributed by atoms with E-state index < -0.39 is 0 Å². The average Bonchev–Trinajstić information content (AvgIpc) is 2.66. The van der Waals surface area contributed by atoms with E-state index in [2.05, 4.69) is 10.2 Å². The zero-order valence-corrected chi connectivity index (χ0v) is 15.6. The smallest absolute Gasteiger partial charge is 0.236 e. The van der Waals surface area contributed by atoms with Crippen molar-refractivity contribution in [2.24, 2.45) is 0 Å². The second-order valence-corrected chi connectivity index (χ2v) is 6.98. The first-order valence-corrected chi connectivity index (χ1v) is 9.21. The van der Waals surface area contributed by atoms with Crippen LogP contribution in [0.3, 0.4) is 0 Å². The molecule has 0 unspecified atom stereocenters. The van der Waals surface area contributed by atoms with E-state index in [1.807, 2.05) is 48.2 Å². The highest BCUT2D eigenvalue weighted by Gasteiger charge is 2.21. The summed E-state index contributed by atoms with van der Waals surface area (Å²) in [5, 5.41) is 13.4. The van der Waals surface area contributed by atoms with Crippen LogP contribution in [0.25, 0.3) is 0 Å². The molecule has 1 fully saturated rings. The van der Waals surface area contributed by atoms with Gasteiger partial charge in [0.1, 0.15) is 5.75 Å². The standard InChI is InChI=1S/C20H24ClN3O2/c1-15(16-3-2-4-17(21)13-16)22-14-20(26)24-11-9-23(10-12-24)18-5-7-19(25)8-6-18/h2-8,13,15,22,25H,9-12,14H2,1H3/t15-/m0/s1. The van der Waals surface area contributed by atoms with Crippen molar-refractivity contribution in [3.8, 4) is 5.75 Å². The average molecular weight is 374 g/mol. The Morgan fingerprint density at radius 3 is 2.50 bits per heavy atom. The van der Waals surface area contributed by atoms with Crippen molar-refractivity contribution in [3.05, 3.63) is 59.1 Å². The summed E-state index contributed by atoms with van der Waals surface area (Å²) in [5.74, 6) is 0.381. The zero-order chi connectivity index (χ0) is 18.5. The molecule has 26 heavy (non-hydrogen) atoms. The first-order chi connectivity index (χ1) is 12.5. The highest BCUT2D eigenvalue weighted by atomic mass is 35.5. The number of carbonyl (C=O) groups excluding carboxylic acids is 1. The van der Waals surface area contributed by atoms with Crippen molar-refractivity contribution in [2.45, 2.75) is 13.0 Å². The predicted octanol–water partition coefficient (Wildman–Crippen LogP) is 3.05. The summed E-state index contributed by atoms with van der Waals surface area (Å²) in [6.45, 7) is 5.33. The molecule has 1 heterocycles. The third kappa shape index (κ3) is 4.68. The number of amides is 1. The fourth-order valence-electron chi connectivity index (χ4n) is 3.12. The van der Waals surface area contributed by atoms with E-state index in [1.54, 1.807) is 12.1 Å². The van der Waals surface area contributed by atoms with Gasteiger partial charge in [-0.25, -0.2) is 0 Å². The summed E-state index contributed by atoms with van der Waals surface area (Å²) in [5.41, 5.74) is 2.14.